The number of hydrogen-bond acceptors (Lipinski definition) is 1. The molecule has 0 spiro atoms. The predicted octanol–water partition coefficient (Wildman–Crippen LogP) is 5.63. The van der Waals surface area contributed by atoms with E-state index >= 15 is 0 Å². The highest BCUT2D eigenvalue weighted by Gasteiger charge is 2.08. The largest absolute Gasteiger partial charge is 0.378 e. The van der Waals surface area contributed by atoms with Crippen molar-refractivity contribution < 1.29 is 0 Å². The van der Waals surface area contributed by atoms with Crippen molar-refractivity contribution in [2.24, 2.45) is 0 Å². The van der Waals surface area contributed by atoms with E-state index in [2.05, 4.69) is 86.8 Å². The number of aryl methyl sites for hydroxylation is 2. The molecular weight excluding hydrogens is 254 g/mol. The van der Waals surface area contributed by atoms with Crippen LogP contribution in [0.25, 0.3) is 10.8 Å². The van der Waals surface area contributed by atoms with Gasteiger partial charge in [0, 0.05) is 17.1 Å². The highest BCUT2D eigenvalue weighted by Crippen LogP contribution is 2.27. The maximum Gasteiger partial charge on any atom is 0.0485 e. The standard InChI is InChI=1S/C20H21N/c1-14-11-12-18(13-15(14)2)16(3)21-20-10-6-8-17-7-4-5-9-19(17)20/h4-13,16,21H,1-3H3. The molecule has 1 N–H and O–H groups in total. The van der Waals surface area contributed by atoms with Crippen molar-refractivity contribution in [2.75, 3.05) is 5.32 Å². The van der Waals surface area contributed by atoms with Crippen LogP contribution in [0.15, 0.2) is 60.7 Å². The van der Waals surface area contributed by atoms with Gasteiger partial charge in [0.05, 0.1) is 0 Å². The zero-order chi connectivity index (χ0) is 14.8. The van der Waals surface area contributed by atoms with Crippen molar-refractivity contribution in [1.82, 2.24) is 0 Å². The Kier molecular flexibility index (Phi) is 3.66. The Labute approximate surface area is 126 Å². The van der Waals surface area contributed by atoms with Gasteiger partial charge >= 0.3 is 0 Å². The van der Waals surface area contributed by atoms with Crippen molar-refractivity contribution in [1.29, 1.82) is 0 Å². The first-order valence-corrected chi connectivity index (χ1v) is 7.46. The Balaban J connectivity index is 1.92. The van der Waals surface area contributed by atoms with E-state index in [1.807, 2.05) is 0 Å². The van der Waals surface area contributed by atoms with Crippen molar-refractivity contribution in [3.8, 4) is 0 Å². The smallest absolute Gasteiger partial charge is 0.0485 e. The number of benzene rings is 3. The Morgan fingerprint density at radius 2 is 1.57 bits per heavy atom. The number of fused-ring (bicyclic) bond motifs is 1. The topological polar surface area (TPSA) is 12.0 Å². The number of hydrogen-bond donors (Lipinski definition) is 1. The molecule has 0 heterocycles. The zero-order valence-electron chi connectivity index (χ0n) is 12.9. The molecule has 0 saturated carbocycles. The third-order valence-corrected chi connectivity index (χ3v) is 4.19. The summed E-state index contributed by atoms with van der Waals surface area (Å²) in [5.41, 5.74) is 5.21. The molecule has 0 bridgehead atoms. The summed E-state index contributed by atoms with van der Waals surface area (Å²) in [6, 6.07) is 21.9. The second-order valence-electron chi connectivity index (χ2n) is 5.74. The lowest BCUT2D eigenvalue weighted by Gasteiger charge is -2.18. The average Bonchev–Trinajstić information content (AvgIpc) is 2.50. The molecule has 21 heavy (non-hydrogen) atoms. The molecule has 0 aliphatic heterocycles. The van der Waals surface area contributed by atoms with Crippen LogP contribution >= 0.6 is 0 Å². The quantitative estimate of drug-likeness (QED) is 0.653. The highest BCUT2D eigenvalue weighted by molar-refractivity contribution is 5.93. The van der Waals surface area contributed by atoms with Crippen LogP contribution in [0, 0.1) is 13.8 Å². The van der Waals surface area contributed by atoms with Gasteiger partial charge in [-0.15, -0.1) is 0 Å². The molecule has 3 aromatic rings. The maximum absolute atomic E-state index is 3.65. The van der Waals surface area contributed by atoms with Gasteiger partial charge < -0.3 is 5.32 Å². The molecule has 1 unspecified atom stereocenters. The van der Waals surface area contributed by atoms with E-state index in [1.54, 1.807) is 0 Å². The van der Waals surface area contributed by atoms with Crippen molar-refractivity contribution in [3.05, 3.63) is 77.4 Å². The average molecular weight is 275 g/mol. The van der Waals surface area contributed by atoms with E-state index in [-0.39, 0.29) is 6.04 Å². The second kappa shape index (κ2) is 5.61. The molecule has 0 fully saturated rings. The normalized spacial score (nSPS) is 12.3. The molecule has 0 aromatic heterocycles. The van der Waals surface area contributed by atoms with E-state index in [9.17, 15) is 0 Å². The van der Waals surface area contributed by atoms with Crippen molar-refractivity contribution in [3.63, 3.8) is 0 Å². The third-order valence-electron chi connectivity index (χ3n) is 4.19. The Morgan fingerprint density at radius 1 is 0.810 bits per heavy atom. The SMILES string of the molecule is Cc1ccc(C(C)Nc2cccc3ccccc23)cc1C. The predicted molar refractivity (Wildman–Crippen MR) is 91.9 cm³/mol. The first-order valence-electron chi connectivity index (χ1n) is 7.46. The first kappa shape index (κ1) is 13.7. The lowest BCUT2D eigenvalue weighted by Crippen LogP contribution is -2.07. The lowest BCUT2D eigenvalue weighted by molar-refractivity contribution is 0.883. The molecule has 0 saturated heterocycles. The van der Waals surface area contributed by atoms with E-state index < -0.39 is 0 Å². The fourth-order valence-electron chi connectivity index (χ4n) is 2.70. The summed E-state index contributed by atoms with van der Waals surface area (Å²) in [6.07, 6.45) is 0. The van der Waals surface area contributed by atoms with Crippen LogP contribution in [-0.4, -0.2) is 0 Å². The molecule has 0 aliphatic carbocycles. The van der Waals surface area contributed by atoms with Crippen LogP contribution in [0.2, 0.25) is 0 Å². The number of anilines is 1. The summed E-state index contributed by atoms with van der Waals surface area (Å²) in [4.78, 5) is 0. The summed E-state index contributed by atoms with van der Waals surface area (Å²) in [5, 5.41) is 6.19. The fraction of sp³-hybridized carbons (Fsp3) is 0.200. The van der Waals surface area contributed by atoms with Crippen LogP contribution in [0.1, 0.15) is 29.7 Å². The molecule has 3 aromatic carbocycles. The minimum Gasteiger partial charge on any atom is -0.378 e. The molecule has 3 rings (SSSR count). The summed E-state index contributed by atoms with van der Waals surface area (Å²) in [5.74, 6) is 0. The first-order chi connectivity index (χ1) is 10.1. The Morgan fingerprint density at radius 3 is 2.38 bits per heavy atom. The number of nitrogens with one attached hydrogen (secondary N) is 1. The lowest BCUT2D eigenvalue weighted by atomic mass is 10.0. The molecule has 1 heteroatoms. The van der Waals surface area contributed by atoms with Gasteiger partial charge in [-0.25, -0.2) is 0 Å². The van der Waals surface area contributed by atoms with Crippen LogP contribution in [0.3, 0.4) is 0 Å². The number of rotatable bonds is 3. The zero-order valence-corrected chi connectivity index (χ0v) is 12.9. The van der Waals surface area contributed by atoms with Crippen LogP contribution in [0.4, 0.5) is 5.69 Å². The molecular formula is C20H21N. The van der Waals surface area contributed by atoms with Crippen molar-refractivity contribution in [2.45, 2.75) is 26.8 Å². The van der Waals surface area contributed by atoms with Gasteiger partial charge in [-0.1, -0.05) is 54.6 Å². The summed E-state index contributed by atoms with van der Waals surface area (Å²) in [6.45, 7) is 6.54. The molecule has 106 valence electrons. The van der Waals surface area contributed by atoms with E-state index in [4.69, 9.17) is 0 Å². The van der Waals surface area contributed by atoms with Crippen LogP contribution in [0.5, 0.6) is 0 Å². The molecule has 0 aliphatic rings. The molecule has 1 nitrogen and oxygen atoms in total. The van der Waals surface area contributed by atoms with Gasteiger partial charge in [0.2, 0.25) is 0 Å². The fourth-order valence-corrected chi connectivity index (χ4v) is 2.70. The van der Waals surface area contributed by atoms with E-state index in [1.165, 1.54) is 33.2 Å². The van der Waals surface area contributed by atoms with Gasteiger partial charge in [0.1, 0.15) is 0 Å². The molecule has 0 radical (unpaired) electrons. The summed E-state index contributed by atoms with van der Waals surface area (Å²) >= 11 is 0. The maximum atomic E-state index is 3.65. The molecule has 0 amide bonds. The minimum atomic E-state index is 0.287. The van der Waals surface area contributed by atoms with E-state index in [0.29, 0.717) is 0 Å². The van der Waals surface area contributed by atoms with E-state index in [0.717, 1.165) is 0 Å². The molecule has 1 atom stereocenters. The second-order valence-corrected chi connectivity index (χ2v) is 5.74. The minimum absolute atomic E-state index is 0.287. The Bertz CT molecular complexity index is 768. The van der Waals surface area contributed by atoms with Gasteiger partial charge in [-0.2, -0.15) is 0 Å². The van der Waals surface area contributed by atoms with Crippen molar-refractivity contribution >= 4 is 16.5 Å². The third kappa shape index (κ3) is 2.78. The summed E-state index contributed by atoms with van der Waals surface area (Å²) in [7, 11) is 0. The van der Waals surface area contributed by atoms with Gasteiger partial charge in [0.25, 0.3) is 0 Å². The van der Waals surface area contributed by atoms with Gasteiger partial charge in [-0.05, 0) is 48.9 Å². The monoisotopic (exact) mass is 275 g/mol. The summed E-state index contributed by atoms with van der Waals surface area (Å²) < 4.78 is 0. The van der Waals surface area contributed by atoms with Gasteiger partial charge in [0.15, 0.2) is 0 Å². The highest BCUT2D eigenvalue weighted by atomic mass is 14.9. The Hall–Kier alpha value is -2.28. The van der Waals surface area contributed by atoms with Gasteiger partial charge in [-0.3, -0.25) is 0 Å². The van der Waals surface area contributed by atoms with Crippen LogP contribution < -0.4 is 5.32 Å². The van der Waals surface area contributed by atoms with Crippen LogP contribution in [-0.2, 0) is 0 Å².